The molecule has 1 aliphatic carbocycles. The van der Waals surface area contributed by atoms with Crippen molar-refractivity contribution in [2.75, 3.05) is 12.8 Å². The summed E-state index contributed by atoms with van der Waals surface area (Å²) in [7, 11) is 2.05. The number of benzene rings is 1. The average molecular weight is 204 g/mol. The molecule has 1 aliphatic rings. The molecule has 0 bridgehead atoms. The topological polar surface area (TPSA) is 38.0 Å². The molecule has 1 saturated carbocycles. The third-order valence-corrected chi connectivity index (χ3v) is 3.45. The Labute approximate surface area is 91.9 Å². The molecule has 0 radical (unpaired) electrons. The predicted molar refractivity (Wildman–Crippen MR) is 64.6 cm³/mol. The van der Waals surface area contributed by atoms with Crippen LogP contribution in [0.4, 0.5) is 5.69 Å². The highest BCUT2D eigenvalue weighted by Crippen LogP contribution is 2.35. The number of nitrogens with one attached hydrogen (secondary N) is 1. The van der Waals surface area contributed by atoms with Crippen molar-refractivity contribution < 1.29 is 0 Å². The van der Waals surface area contributed by atoms with E-state index in [1.165, 1.54) is 31.2 Å². The Morgan fingerprint density at radius 2 is 2.07 bits per heavy atom. The van der Waals surface area contributed by atoms with E-state index in [1.807, 2.05) is 19.2 Å². The number of rotatable bonds is 3. The number of nitrogens with two attached hydrogens (primary N) is 1. The van der Waals surface area contributed by atoms with Crippen LogP contribution in [0.15, 0.2) is 24.3 Å². The molecule has 0 heterocycles. The van der Waals surface area contributed by atoms with Gasteiger partial charge in [0, 0.05) is 11.7 Å². The lowest BCUT2D eigenvalue weighted by Gasteiger charge is -2.23. The lowest BCUT2D eigenvalue weighted by Crippen LogP contribution is -2.23. The first-order chi connectivity index (χ1) is 7.31. The van der Waals surface area contributed by atoms with Gasteiger partial charge in [-0.3, -0.25) is 0 Å². The number of anilines is 1. The van der Waals surface area contributed by atoms with Gasteiger partial charge in [0.2, 0.25) is 0 Å². The lowest BCUT2D eigenvalue weighted by molar-refractivity contribution is 0.390. The molecule has 0 aromatic heterocycles. The fourth-order valence-corrected chi connectivity index (χ4v) is 2.72. The molecule has 0 aliphatic heterocycles. The van der Waals surface area contributed by atoms with Crippen LogP contribution in [0.5, 0.6) is 0 Å². The van der Waals surface area contributed by atoms with Crippen LogP contribution in [-0.4, -0.2) is 7.05 Å². The van der Waals surface area contributed by atoms with Crippen LogP contribution in [-0.2, 0) is 0 Å². The Morgan fingerprint density at radius 1 is 1.33 bits per heavy atom. The van der Waals surface area contributed by atoms with Gasteiger partial charge in [-0.1, -0.05) is 25.0 Å². The summed E-state index contributed by atoms with van der Waals surface area (Å²) < 4.78 is 0. The van der Waals surface area contributed by atoms with Gasteiger partial charge in [0.05, 0.1) is 0 Å². The van der Waals surface area contributed by atoms with Crippen molar-refractivity contribution in [2.24, 2.45) is 5.92 Å². The minimum atomic E-state index is 0.482. The maximum atomic E-state index is 5.82. The molecule has 1 aromatic rings. The second-order valence-electron chi connectivity index (χ2n) is 4.48. The van der Waals surface area contributed by atoms with E-state index in [2.05, 4.69) is 17.4 Å². The molecular formula is C13H20N2. The van der Waals surface area contributed by atoms with E-state index < -0.39 is 0 Å². The third kappa shape index (κ3) is 2.32. The highest BCUT2D eigenvalue weighted by Gasteiger charge is 2.24. The van der Waals surface area contributed by atoms with Crippen LogP contribution in [0.25, 0.3) is 0 Å². The normalized spacial score (nSPS) is 19.3. The Morgan fingerprint density at radius 3 is 2.67 bits per heavy atom. The zero-order chi connectivity index (χ0) is 10.7. The Kier molecular flexibility index (Phi) is 3.27. The first-order valence-electron chi connectivity index (χ1n) is 5.84. The van der Waals surface area contributed by atoms with E-state index in [0.717, 1.165) is 11.6 Å². The van der Waals surface area contributed by atoms with E-state index in [-0.39, 0.29) is 0 Å². The highest BCUT2D eigenvalue weighted by molar-refractivity contribution is 5.41. The van der Waals surface area contributed by atoms with Crippen molar-refractivity contribution in [3.63, 3.8) is 0 Å². The van der Waals surface area contributed by atoms with Crippen LogP contribution in [0.2, 0.25) is 0 Å². The van der Waals surface area contributed by atoms with Crippen molar-refractivity contribution in [3.8, 4) is 0 Å². The third-order valence-electron chi connectivity index (χ3n) is 3.45. The highest BCUT2D eigenvalue weighted by atomic mass is 14.9. The molecule has 1 aromatic carbocycles. The zero-order valence-corrected chi connectivity index (χ0v) is 9.37. The number of nitrogen functional groups attached to an aromatic ring is 1. The largest absolute Gasteiger partial charge is 0.399 e. The summed E-state index contributed by atoms with van der Waals surface area (Å²) in [6.45, 7) is 0. The van der Waals surface area contributed by atoms with E-state index in [9.17, 15) is 0 Å². The molecule has 1 unspecified atom stereocenters. The Balaban J connectivity index is 2.18. The molecule has 0 spiro atoms. The maximum Gasteiger partial charge on any atom is 0.0346 e. The zero-order valence-electron chi connectivity index (χ0n) is 9.37. The summed E-state index contributed by atoms with van der Waals surface area (Å²) in [5, 5.41) is 3.43. The van der Waals surface area contributed by atoms with Gasteiger partial charge in [-0.15, -0.1) is 0 Å². The predicted octanol–water partition coefficient (Wildman–Crippen LogP) is 2.72. The molecule has 1 fully saturated rings. The Hall–Kier alpha value is -1.02. The van der Waals surface area contributed by atoms with Gasteiger partial charge in [0.25, 0.3) is 0 Å². The van der Waals surface area contributed by atoms with Crippen molar-refractivity contribution in [1.82, 2.24) is 5.32 Å². The first-order valence-corrected chi connectivity index (χ1v) is 5.84. The van der Waals surface area contributed by atoms with Crippen molar-refractivity contribution in [3.05, 3.63) is 29.8 Å². The van der Waals surface area contributed by atoms with Gasteiger partial charge < -0.3 is 11.1 Å². The summed E-state index contributed by atoms with van der Waals surface area (Å²) in [5.41, 5.74) is 8.03. The molecule has 2 nitrogen and oxygen atoms in total. The van der Waals surface area contributed by atoms with Crippen LogP contribution in [0.1, 0.15) is 37.3 Å². The summed E-state index contributed by atoms with van der Waals surface area (Å²) >= 11 is 0. The second-order valence-corrected chi connectivity index (χ2v) is 4.48. The summed E-state index contributed by atoms with van der Waals surface area (Å²) in [6.07, 6.45) is 5.46. The second kappa shape index (κ2) is 4.67. The summed E-state index contributed by atoms with van der Waals surface area (Å²) in [6, 6.07) is 8.75. The minimum absolute atomic E-state index is 0.482. The van der Waals surface area contributed by atoms with Crippen LogP contribution >= 0.6 is 0 Å². The molecule has 1 atom stereocenters. The lowest BCUT2D eigenvalue weighted by atomic mass is 9.91. The minimum Gasteiger partial charge on any atom is -0.399 e. The van der Waals surface area contributed by atoms with E-state index in [4.69, 9.17) is 5.73 Å². The standard InChI is InChI=1S/C13H20N2/c1-15-13(10-5-2-3-6-10)11-7-4-8-12(14)9-11/h4,7-10,13,15H,2-3,5-6,14H2,1H3. The molecule has 15 heavy (non-hydrogen) atoms. The fraction of sp³-hybridized carbons (Fsp3) is 0.538. The summed E-state index contributed by atoms with van der Waals surface area (Å²) in [5.74, 6) is 0.789. The van der Waals surface area contributed by atoms with Gasteiger partial charge >= 0.3 is 0 Å². The SMILES string of the molecule is CNC(c1cccc(N)c1)C1CCCC1. The van der Waals surface area contributed by atoms with Crippen LogP contribution in [0, 0.1) is 5.92 Å². The first kappa shape index (κ1) is 10.5. The van der Waals surface area contributed by atoms with Crippen LogP contribution < -0.4 is 11.1 Å². The quantitative estimate of drug-likeness (QED) is 0.743. The molecular weight excluding hydrogens is 184 g/mol. The van der Waals surface area contributed by atoms with Gasteiger partial charge in [-0.05, 0) is 43.5 Å². The van der Waals surface area contributed by atoms with Gasteiger partial charge in [0.15, 0.2) is 0 Å². The molecule has 0 amide bonds. The van der Waals surface area contributed by atoms with E-state index in [0.29, 0.717) is 6.04 Å². The molecule has 2 rings (SSSR count). The van der Waals surface area contributed by atoms with Crippen molar-refractivity contribution in [2.45, 2.75) is 31.7 Å². The number of hydrogen-bond donors (Lipinski definition) is 2. The van der Waals surface area contributed by atoms with E-state index in [1.54, 1.807) is 0 Å². The van der Waals surface area contributed by atoms with Gasteiger partial charge in [0.1, 0.15) is 0 Å². The van der Waals surface area contributed by atoms with Crippen LogP contribution in [0.3, 0.4) is 0 Å². The molecule has 3 N–H and O–H groups in total. The number of hydrogen-bond acceptors (Lipinski definition) is 2. The average Bonchev–Trinajstić information content (AvgIpc) is 2.72. The monoisotopic (exact) mass is 204 g/mol. The Bertz CT molecular complexity index is 316. The van der Waals surface area contributed by atoms with Crippen molar-refractivity contribution >= 4 is 5.69 Å². The fourth-order valence-electron chi connectivity index (χ4n) is 2.72. The molecule has 82 valence electrons. The van der Waals surface area contributed by atoms with E-state index >= 15 is 0 Å². The van der Waals surface area contributed by atoms with Gasteiger partial charge in [-0.25, -0.2) is 0 Å². The maximum absolute atomic E-state index is 5.82. The smallest absolute Gasteiger partial charge is 0.0346 e. The summed E-state index contributed by atoms with van der Waals surface area (Å²) in [4.78, 5) is 0. The molecule has 2 heteroatoms. The van der Waals surface area contributed by atoms with Gasteiger partial charge in [-0.2, -0.15) is 0 Å². The van der Waals surface area contributed by atoms with Crippen molar-refractivity contribution in [1.29, 1.82) is 0 Å². The molecule has 0 saturated heterocycles.